The predicted octanol–water partition coefficient (Wildman–Crippen LogP) is 7.05. The van der Waals surface area contributed by atoms with Gasteiger partial charge in [-0.25, -0.2) is 0 Å². The molecule has 0 amide bonds. The zero-order chi connectivity index (χ0) is 20.3. The van der Waals surface area contributed by atoms with Crippen molar-refractivity contribution in [2.75, 3.05) is 10.6 Å². The highest BCUT2D eigenvalue weighted by Gasteiger charge is 2.25. The van der Waals surface area contributed by atoms with E-state index in [0.29, 0.717) is 5.92 Å². The Bertz CT molecular complexity index is 924. The molecule has 0 spiro atoms. The summed E-state index contributed by atoms with van der Waals surface area (Å²) < 4.78 is 0. The van der Waals surface area contributed by atoms with E-state index < -0.39 is 0 Å². The first-order valence-electron chi connectivity index (χ1n) is 10.3. The van der Waals surface area contributed by atoms with Gasteiger partial charge in [0.15, 0.2) is 0 Å². The Balaban J connectivity index is 1.69. The molecule has 0 radical (unpaired) electrons. The normalized spacial score (nSPS) is 19.0. The first-order valence-corrected chi connectivity index (χ1v) is 10.3. The van der Waals surface area contributed by atoms with E-state index in [1.54, 1.807) is 0 Å². The molecule has 2 heterocycles. The van der Waals surface area contributed by atoms with Gasteiger partial charge in [-0.15, -0.1) is 0 Å². The van der Waals surface area contributed by atoms with Crippen LogP contribution >= 0.6 is 0 Å². The van der Waals surface area contributed by atoms with Crippen LogP contribution in [0.1, 0.15) is 76.6 Å². The molecule has 2 nitrogen and oxygen atoms in total. The van der Waals surface area contributed by atoms with Crippen molar-refractivity contribution >= 4 is 22.5 Å². The molecular formula is C26H32N2. The minimum absolute atomic E-state index is 0.00729. The summed E-state index contributed by atoms with van der Waals surface area (Å²) in [5, 5.41) is 7.27. The van der Waals surface area contributed by atoms with Gasteiger partial charge in [0.05, 0.1) is 11.1 Å². The van der Waals surface area contributed by atoms with Crippen molar-refractivity contribution in [1.29, 1.82) is 0 Å². The fourth-order valence-corrected chi connectivity index (χ4v) is 4.73. The molecule has 2 aromatic rings. The summed E-state index contributed by atoms with van der Waals surface area (Å²) in [6, 6.07) is 13.7. The maximum absolute atomic E-state index is 3.63. The van der Waals surface area contributed by atoms with Crippen LogP contribution in [0.5, 0.6) is 0 Å². The molecule has 2 aliphatic heterocycles. The molecule has 2 aliphatic rings. The minimum Gasteiger partial charge on any atom is -0.376 e. The third-order valence-electron chi connectivity index (χ3n) is 6.01. The van der Waals surface area contributed by atoms with E-state index in [0.717, 1.165) is 0 Å². The van der Waals surface area contributed by atoms with Crippen molar-refractivity contribution in [1.82, 2.24) is 0 Å². The molecule has 2 aromatic carbocycles. The molecular weight excluding hydrogens is 340 g/mol. The van der Waals surface area contributed by atoms with Crippen molar-refractivity contribution in [3.05, 3.63) is 70.8 Å². The van der Waals surface area contributed by atoms with Gasteiger partial charge in [-0.2, -0.15) is 0 Å². The lowest BCUT2D eigenvalue weighted by atomic mass is 9.84. The van der Waals surface area contributed by atoms with Crippen LogP contribution in [0.3, 0.4) is 0 Å². The number of hydrogen-bond donors (Lipinski definition) is 2. The van der Waals surface area contributed by atoms with Crippen molar-refractivity contribution in [2.24, 2.45) is 0 Å². The largest absolute Gasteiger partial charge is 0.376 e. The van der Waals surface area contributed by atoms with E-state index >= 15 is 0 Å². The van der Waals surface area contributed by atoms with Gasteiger partial charge in [0.1, 0.15) is 0 Å². The molecule has 0 saturated heterocycles. The van der Waals surface area contributed by atoms with Crippen LogP contribution in [-0.4, -0.2) is 11.1 Å². The smallest absolute Gasteiger partial charge is 0.0505 e. The van der Waals surface area contributed by atoms with Gasteiger partial charge in [0.25, 0.3) is 0 Å². The molecule has 0 unspecified atom stereocenters. The number of nitrogens with one attached hydrogen (secondary N) is 2. The van der Waals surface area contributed by atoms with Crippen LogP contribution in [-0.2, 0) is 0 Å². The highest BCUT2D eigenvalue weighted by Crippen LogP contribution is 2.39. The molecule has 0 fully saturated rings. The Morgan fingerprint density at radius 3 is 1.46 bits per heavy atom. The van der Waals surface area contributed by atoms with Crippen LogP contribution in [0.4, 0.5) is 11.4 Å². The fraction of sp³-hybridized carbons (Fsp3) is 0.385. The van der Waals surface area contributed by atoms with Gasteiger partial charge in [-0.1, -0.05) is 31.2 Å². The number of allylic oxidation sites excluding steroid dienone is 2. The molecule has 0 atom stereocenters. The van der Waals surface area contributed by atoms with E-state index in [9.17, 15) is 0 Å². The first-order chi connectivity index (χ1) is 13.0. The number of anilines is 2. The van der Waals surface area contributed by atoms with Gasteiger partial charge in [-0.3, -0.25) is 0 Å². The highest BCUT2D eigenvalue weighted by atomic mass is 15.0. The molecule has 28 heavy (non-hydrogen) atoms. The van der Waals surface area contributed by atoms with Crippen molar-refractivity contribution in [3.8, 4) is 0 Å². The van der Waals surface area contributed by atoms with Crippen molar-refractivity contribution < 1.29 is 0 Å². The summed E-state index contributed by atoms with van der Waals surface area (Å²) in [7, 11) is 0. The summed E-state index contributed by atoms with van der Waals surface area (Å²) in [5.74, 6) is 0.348. The lowest BCUT2D eigenvalue weighted by molar-refractivity contribution is 0.707. The number of hydrogen-bond acceptors (Lipinski definition) is 2. The molecule has 4 rings (SSSR count). The Morgan fingerprint density at radius 2 is 1.07 bits per heavy atom. The molecule has 0 bridgehead atoms. The van der Waals surface area contributed by atoms with Crippen LogP contribution in [0.15, 0.2) is 48.6 Å². The third kappa shape index (κ3) is 3.37. The summed E-state index contributed by atoms with van der Waals surface area (Å²) in [5.41, 5.74) is 10.5. The Labute approximate surface area is 169 Å². The molecule has 0 aliphatic carbocycles. The van der Waals surface area contributed by atoms with Crippen molar-refractivity contribution in [3.63, 3.8) is 0 Å². The Kier molecular flexibility index (Phi) is 4.22. The maximum Gasteiger partial charge on any atom is 0.0505 e. The quantitative estimate of drug-likeness (QED) is 0.590. The van der Waals surface area contributed by atoms with Crippen LogP contribution in [0, 0.1) is 0 Å². The molecule has 0 aromatic heterocycles. The minimum atomic E-state index is 0.00729. The zero-order valence-electron chi connectivity index (χ0n) is 18.2. The van der Waals surface area contributed by atoms with Gasteiger partial charge in [0, 0.05) is 28.4 Å². The maximum atomic E-state index is 3.63. The summed E-state index contributed by atoms with van der Waals surface area (Å²) in [6.07, 6.45) is 4.65. The van der Waals surface area contributed by atoms with Crippen LogP contribution in [0.2, 0.25) is 0 Å². The zero-order valence-corrected chi connectivity index (χ0v) is 18.2. The standard InChI is InChI=1S/C26H32N2/c1-16-14-25(4,5)27-23-10-8-19(12-21(16)23)18(3)20-9-11-24-22(13-20)17(2)15-26(6,7)28-24/h8-15,18,27-28H,1-7H3. The lowest BCUT2D eigenvalue weighted by Gasteiger charge is -2.32. The van der Waals surface area contributed by atoms with E-state index in [2.05, 4.69) is 108 Å². The number of rotatable bonds is 2. The fourth-order valence-electron chi connectivity index (χ4n) is 4.73. The van der Waals surface area contributed by atoms with Crippen LogP contribution in [0.25, 0.3) is 11.1 Å². The summed E-state index contributed by atoms with van der Waals surface area (Å²) in [4.78, 5) is 0. The predicted molar refractivity (Wildman–Crippen MR) is 123 cm³/mol. The van der Waals surface area contributed by atoms with Gasteiger partial charge in [0.2, 0.25) is 0 Å². The highest BCUT2D eigenvalue weighted by molar-refractivity contribution is 5.82. The molecule has 0 saturated carbocycles. The second kappa shape index (κ2) is 6.27. The van der Waals surface area contributed by atoms with E-state index in [1.165, 1.54) is 44.8 Å². The van der Waals surface area contributed by atoms with Crippen molar-refractivity contribution in [2.45, 2.75) is 65.5 Å². The number of benzene rings is 2. The second-order valence-electron chi connectivity index (χ2n) is 9.68. The van der Waals surface area contributed by atoms with E-state index in [-0.39, 0.29) is 11.1 Å². The molecule has 2 heteroatoms. The molecule has 2 N–H and O–H groups in total. The third-order valence-corrected chi connectivity index (χ3v) is 6.01. The topological polar surface area (TPSA) is 24.1 Å². The van der Waals surface area contributed by atoms with E-state index in [1.807, 2.05) is 0 Å². The van der Waals surface area contributed by atoms with Crippen LogP contribution < -0.4 is 10.6 Å². The molecule has 146 valence electrons. The van der Waals surface area contributed by atoms with Gasteiger partial charge in [-0.05, 0) is 88.1 Å². The average Bonchev–Trinajstić information content (AvgIpc) is 2.59. The van der Waals surface area contributed by atoms with Gasteiger partial charge < -0.3 is 10.6 Å². The SMILES string of the molecule is CC1=CC(C)(C)Nc2ccc(C(C)c3ccc4c(c3)C(C)=CC(C)(C)N4)cc21. The van der Waals surface area contributed by atoms with E-state index in [4.69, 9.17) is 0 Å². The summed E-state index contributed by atoms with van der Waals surface area (Å²) in [6.45, 7) is 15.6. The average molecular weight is 373 g/mol. The number of fused-ring (bicyclic) bond motifs is 2. The Hall–Kier alpha value is -2.48. The lowest BCUT2D eigenvalue weighted by Crippen LogP contribution is -2.31. The van der Waals surface area contributed by atoms with Gasteiger partial charge >= 0.3 is 0 Å². The monoisotopic (exact) mass is 372 g/mol. The summed E-state index contributed by atoms with van der Waals surface area (Å²) >= 11 is 0. The Morgan fingerprint density at radius 1 is 0.679 bits per heavy atom. The second-order valence-corrected chi connectivity index (χ2v) is 9.68. The first kappa shape index (κ1) is 18.9.